The van der Waals surface area contributed by atoms with Gasteiger partial charge in [0, 0.05) is 23.5 Å². The molecule has 1 aromatic heterocycles. The number of halogens is 4. The number of carbonyl (C=O) groups excluding carboxylic acids is 1. The third kappa shape index (κ3) is 3.87. The summed E-state index contributed by atoms with van der Waals surface area (Å²) in [5.41, 5.74) is 0.721. The van der Waals surface area contributed by atoms with E-state index in [-0.39, 0.29) is 17.9 Å². The van der Waals surface area contributed by atoms with Crippen LogP contribution in [-0.2, 0) is 0 Å². The number of rotatable bonds is 4. The Balaban J connectivity index is 1.93. The first kappa shape index (κ1) is 18.8. The highest BCUT2D eigenvalue weighted by Gasteiger charge is 2.46. The molecule has 1 aromatic carbocycles. The number of anilines is 1. The Morgan fingerprint density at radius 1 is 1.38 bits per heavy atom. The molecule has 0 fully saturated rings. The molecule has 140 valence electrons. The Labute approximate surface area is 157 Å². The number of hydrogen-bond acceptors (Lipinski definition) is 3. The fraction of sp³-hybridized carbons (Fsp3) is 0.412. The Morgan fingerprint density at radius 2 is 2.08 bits per heavy atom. The number of hydrogen-bond donors (Lipinski definition) is 2. The standard InChI is InChI=1S/C17H18BrF3N4O/c1-2-7-22-16(26)13-9-15-23-12(10-3-5-11(18)6-4-10)8-14(17(19,20)21)25(15)24-13/h3-6,9,12,14,23H,2,7-8H2,1H3,(H,22,26)/t12-,14-/m0/s1. The second-order valence-electron chi connectivity index (χ2n) is 6.16. The second-order valence-corrected chi connectivity index (χ2v) is 7.07. The van der Waals surface area contributed by atoms with Crippen LogP contribution in [0.3, 0.4) is 0 Å². The Hall–Kier alpha value is -2.03. The lowest BCUT2D eigenvalue weighted by molar-refractivity contribution is -0.173. The summed E-state index contributed by atoms with van der Waals surface area (Å²) < 4.78 is 42.5. The summed E-state index contributed by atoms with van der Waals surface area (Å²) in [5.74, 6) is -0.287. The van der Waals surface area contributed by atoms with Crippen LogP contribution in [0, 0.1) is 0 Å². The average molecular weight is 431 g/mol. The van der Waals surface area contributed by atoms with Gasteiger partial charge in [0.25, 0.3) is 5.91 Å². The predicted octanol–water partition coefficient (Wildman–Crippen LogP) is 4.45. The summed E-state index contributed by atoms with van der Waals surface area (Å²) >= 11 is 3.32. The highest BCUT2D eigenvalue weighted by atomic mass is 79.9. The number of nitrogens with zero attached hydrogens (tertiary/aromatic N) is 2. The summed E-state index contributed by atoms with van der Waals surface area (Å²) in [6.45, 7) is 2.33. The van der Waals surface area contributed by atoms with Gasteiger partial charge in [-0.05, 0) is 24.1 Å². The van der Waals surface area contributed by atoms with Gasteiger partial charge in [-0.25, -0.2) is 4.68 Å². The molecular formula is C17H18BrF3N4O. The van der Waals surface area contributed by atoms with Crippen molar-refractivity contribution in [3.8, 4) is 0 Å². The number of nitrogens with one attached hydrogen (secondary N) is 2. The highest BCUT2D eigenvalue weighted by molar-refractivity contribution is 9.10. The van der Waals surface area contributed by atoms with Crippen molar-refractivity contribution in [3.63, 3.8) is 0 Å². The van der Waals surface area contributed by atoms with Crippen LogP contribution in [-0.4, -0.2) is 28.4 Å². The summed E-state index contributed by atoms with van der Waals surface area (Å²) in [4.78, 5) is 12.1. The van der Waals surface area contributed by atoms with Crippen molar-refractivity contribution in [1.29, 1.82) is 0 Å². The monoisotopic (exact) mass is 430 g/mol. The Morgan fingerprint density at radius 3 is 2.69 bits per heavy atom. The van der Waals surface area contributed by atoms with Gasteiger partial charge in [-0.1, -0.05) is 35.0 Å². The van der Waals surface area contributed by atoms with Crippen LogP contribution >= 0.6 is 15.9 Å². The molecule has 3 rings (SSSR count). The smallest absolute Gasteiger partial charge is 0.363 e. The maximum atomic E-state index is 13.6. The van der Waals surface area contributed by atoms with E-state index >= 15 is 0 Å². The molecule has 0 saturated heterocycles. The number of fused-ring (bicyclic) bond motifs is 1. The average Bonchev–Trinajstić information content (AvgIpc) is 3.02. The van der Waals surface area contributed by atoms with E-state index in [4.69, 9.17) is 0 Å². The van der Waals surface area contributed by atoms with Gasteiger partial charge in [0.15, 0.2) is 11.7 Å². The summed E-state index contributed by atoms with van der Waals surface area (Å²) in [6, 6.07) is 6.18. The van der Waals surface area contributed by atoms with Crippen molar-refractivity contribution < 1.29 is 18.0 Å². The van der Waals surface area contributed by atoms with E-state index < -0.39 is 24.2 Å². The van der Waals surface area contributed by atoms with Crippen molar-refractivity contribution in [2.75, 3.05) is 11.9 Å². The molecule has 0 radical (unpaired) electrons. The van der Waals surface area contributed by atoms with Crippen LogP contribution < -0.4 is 10.6 Å². The molecule has 2 N–H and O–H groups in total. The Kier molecular flexibility index (Phi) is 5.27. The Bertz CT molecular complexity index is 788. The maximum absolute atomic E-state index is 13.6. The molecule has 2 atom stereocenters. The second kappa shape index (κ2) is 7.30. The molecule has 0 saturated carbocycles. The molecule has 2 heterocycles. The van der Waals surface area contributed by atoms with Gasteiger partial charge in [-0.15, -0.1) is 0 Å². The molecule has 26 heavy (non-hydrogen) atoms. The number of alkyl halides is 3. The third-order valence-corrected chi connectivity index (χ3v) is 4.76. The highest BCUT2D eigenvalue weighted by Crippen LogP contribution is 2.43. The first-order chi connectivity index (χ1) is 12.3. The van der Waals surface area contributed by atoms with Crippen molar-refractivity contribution in [2.45, 2.75) is 38.0 Å². The van der Waals surface area contributed by atoms with Gasteiger partial charge < -0.3 is 10.6 Å². The van der Waals surface area contributed by atoms with E-state index in [1.807, 2.05) is 6.92 Å². The fourth-order valence-electron chi connectivity index (χ4n) is 2.93. The van der Waals surface area contributed by atoms with Crippen LogP contribution in [0.15, 0.2) is 34.8 Å². The van der Waals surface area contributed by atoms with Crippen molar-refractivity contribution in [2.24, 2.45) is 0 Å². The number of amides is 1. The van der Waals surface area contributed by atoms with E-state index in [1.54, 1.807) is 24.3 Å². The summed E-state index contributed by atoms with van der Waals surface area (Å²) in [6.07, 6.45) is -3.93. The van der Waals surface area contributed by atoms with Gasteiger partial charge in [0.1, 0.15) is 5.82 Å². The summed E-state index contributed by atoms with van der Waals surface area (Å²) in [5, 5.41) is 9.61. The molecule has 0 spiro atoms. The zero-order chi connectivity index (χ0) is 18.9. The van der Waals surface area contributed by atoms with E-state index in [0.29, 0.717) is 6.54 Å². The molecule has 5 nitrogen and oxygen atoms in total. The van der Waals surface area contributed by atoms with E-state index in [9.17, 15) is 18.0 Å². The molecule has 1 amide bonds. The quantitative estimate of drug-likeness (QED) is 0.753. The van der Waals surface area contributed by atoms with Crippen LogP contribution in [0.4, 0.5) is 19.0 Å². The van der Waals surface area contributed by atoms with Crippen LogP contribution in [0.25, 0.3) is 0 Å². The number of carbonyl (C=O) groups is 1. The van der Waals surface area contributed by atoms with E-state index in [1.165, 1.54) is 6.07 Å². The number of aromatic nitrogens is 2. The minimum absolute atomic E-state index is 0.0216. The molecule has 0 aliphatic carbocycles. The van der Waals surface area contributed by atoms with Crippen molar-refractivity contribution >= 4 is 27.7 Å². The molecular weight excluding hydrogens is 413 g/mol. The van der Waals surface area contributed by atoms with Gasteiger partial charge in [-0.3, -0.25) is 4.79 Å². The molecule has 1 aliphatic heterocycles. The topological polar surface area (TPSA) is 59.0 Å². The van der Waals surface area contributed by atoms with Crippen molar-refractivity contribution in [3.05, 3.63) is 46.1 Å². The van der Waals surface area contributed by atoms with Crippen molar-refractivity contribution in [1.82, 2.24) is 15.1 Å². The minimum Gasteiger partial charge on any atom is -0.363 e. The lowest BCUT2D eigenvalue weighted by atomic mass is 9.97. The van der Waals surface area contributed by atoms with Gasteiger partial charge in [0.2, 0.25) is 0 Å². The van der Waals surface area contributed by atoms with Gasteiger partial charge in [0.05, 0.1) is 6.04 Å². The van der Waals surface area contributed by atoms with Crippen LogP contribution in [0.1, 0.15) is 47.9 Å². The summed E-state index contributed by atoms with van der Waals surface area (Å²) in [7, 11) is 0. The third-order valence-electron chi connectivity index (χ3n) is 4.23. The molecule has 1 aliphatic rings. The normalized spacial score (nSPS) is 19.6. The molecule has 9 heteroatoms. The lowest BCUT2D eigenvalue weighted by Gasteiger charge is -2.33. The molecule has 0 bridgehead atoms. The first-order valence-corrected chi connectivity index (χ1v) is 9.05. The molecule has 0 unspecified atom stereocenters. The van der Waals surface area contributed by atoms with E-state index in [0.717, 1.165) is 21.1 Å². The van der Waals surface area contributed by atoms with Gasteiger partial charge >= 0.3 is 6.18 Å². The van der Waals surface area contributed by atoms with E-state index in [2.05, 4.69) is 31.7 Å². The maximum Gasteiger partial charge on any atom is 0.410 e. The predicted molar refractivity (Wildman–Crippen MR) is 95.1 cm³/mol. The largest absolute Gasteiger partial charge is 0.410 e. The number of benzene rings is 1. The molecule has 2 aromatic rings. The SMILES string of the molecule is CCCNC(=O)c1cc2n(n1)[C@H](C(F)(F)F)C[C@@H](c1ccc(Br)cc1)N2. The van der Waals surface area contributed by atoms with Crippen LogP contribution in [0.2, 0.25) is 0 Å². The minimum atomic E-state index is -4.46. The fourth-order valence-corrected chi connectivity index (χ4v) is 3.19. The lowest BCUT2D eigenvalue weighted by Crippen LogP contribution is -2.35. The van der Waals surface area contributed by atoms with Gasteiger partial charge in [-0.2, -0.15) is 18.3 Å². The van der Waals surface area contributed by atoms with Crippen LogP contribution in [0.5, 0.6) is 0 Å². The zero-order valence-corrected chi connectivity index (χ0v) is 15.6. The first-order valence-electron chi connectivity index (χ1n) is 8.26. The zero-order valence-electron chi connectivity index (χ0n) is 14.0.